The predicted molar refractivity (Wildman–Crippen MR) is 115 cm³/mol. The molecule has 1 N–H and O–H groups in total. The fourth-order valence-corrected chi connectivity index (χ4v) is 3.24. The molecule has 1 aliphatic heterocycles. The number of aromatic nitrogens is 1. The summed E-state index contributed by atoms with van der Waals surface area (Å²) in [6.45, 7) is 16.1. The van der Waals surface area contributed by atoms with Gasteiger partial charge in [0, 0.05) is 52.5 Å². The highest BCUT2D eigenvalue weighted by molar-refractivity contribution is 5.79. The van der Waals surface area contributed by atoms with Crippen LogP contribution in [0.3, 0.4) is 0 Å². The first kappa shape index (κ1) is 21.2. The molecule has 2 heterocycles. The van der Waals surface area contributed by atoms with E-state index in [0.29, 0.717) is 6.54 Å². The lowest BCUT2D eigenvalue weighted by molar-refractivity contribution is 0.270. The molecule has 0 atom stereocenters. The quantitative estimate of drug-likeness (QED) is 0.312. The smallest absolute Gasteiger partial charge is 0.193 e. The minimum atomic E-state index is 0.665. The fraction of sp³-hybridized carbons (Fsp3) is 0.619. The summed E-state index contributed by atoms with van der Waals surface area (Å²) in [6, 6.07) is 4.25. The van der Waals surface area contributed by atoms with E-state index in [0.717, 1.165) is 70.4 Å². The number of hydrogen-bond donors (Lipinski definition) is 1. The van der Waals surface area contributed by atoms with E-state index in [1.165, 1.54) is 5.56 Å². The van der Waals surface area contributed by atoms with E-state index in [2.05, 4.69) is 64.6 Å². The van der Waals surface area contributed by atoms with Gasteiger partial charge in [-0.15, -0.1) is 6.58 Å². The highest BCUT2D eigenvalue weighted by Gasteiger charge is 2.16. The maximum Gasteiger partial charge on any atom is 0.193 e. The van der Waals surface area contributed by atoms with Gasteiger partial charge < -0.3 is 20.0 Å². The summed E-state index contributed by atoms with van der Waals surface area (Å²) in [5, 5.41) is 3.39. The number of nitrogens with one attached hydrogen (secondary N) is 1. The van der Waals surface area contributed by atoms with Gasteiger partial charge in [0.15, 0.2) is 5.96 Å². The third-order valence-corrected chi connectivity index (χ3v) is 4.96. The van der Waals surface area contributed by atoms with E-state index in [-0.39, 0.29) is 0 Å². The molecule has 1 fully saturated rings. The second kappa shape index (κ2) is 11.6. The van der Waals surface area contributed by atoms with Crippen molar-refractivity contribution in [3.63, 3.8) is 0 Å². The third kappa shape index (κ3) is 6.86. The molecule has 27 heavy (non-hydrogen) atoms. The zero-order valence-electron chi connectivity index (χ0n) is 17.3. The van der Waals surface area contributed by atoms with Gasteiger partial charge in [-0.25, -0.2) is 9.98 Å². The Labute approximate surface area is 165 Å². The molecule has 0 aromatic carbocycles. The summed E-state index contributed by atoms with van der Waals surface area (Å²) in [7, 11) is 2.09. The van der Waals surface area contributed by atoms with Crippen molar-refractivity contribution in [2.75, 3.05) is 57.8 Å². The van der Waals surface area contributed by atoms with Crippen LogP contribution in [0.1, 0.15) is 32.3 Å². The minimum Gasteiger partial charge on any atom is -0.357 e. The molecule has 0 spiro atoms. The molecule has 0 aliphatic carbocycles. The van der Waals surface area contributed by atoms with Gasteiger partial charge in [0.2, 0.25) is 0 Å². The average Bonchev–Trinajstić information content (AvgIpc) is 2.71. The molecule has 6 heteroatoms. The Bertz CT molecular complexity index is 592. The topological polar surface area (TPSA) is 47.0 Å². The van der Waals surface area contributed by atoms with Gasteiger partial charge in [-0.05, 0) is 44.0 Å². The van der Waals surface area contributed by atoms with Crippen LogP contribution in [0.4, 0.5) is 5.82 Å². The lowest BCUT2D eigenvalue weighted by atomic mass is 10.2. The first-order valence-electron chi connectivity index (χ1n) is 10.2. The molecule has 1 aromatic heterocycles. The van der Waals surface area contributed by atoms with E-state index in [4.69, 9.17) is 4.99 Å². The first-order valence-corrected chi connectivity index (χ1v) is 10.2. The maximum atomic E-state index is 4.83. The Balaban J connectivity index is 1.98. The molecule has 1 aromatic rings. The number of piperazine rings is 1. The van der Waals surface area contributed by atoms with Gasteiger partial charge in [-0.3, -0.25) is 0 Å². The number of aliphatic imine (C=N–C) groups is 1. The maximum absolute atomic E-state index is 4.83. The minimum absolute atomic E-state index is 0.665. The number of nitrogens with zero attached hydrogens (tertiary/aromatic N) is 5. The summed E-state index contributed by atoms with van der Waals surface area (Å²) in [5.74, 6) is 2.03. The number of pyridine rings is 1. The van der Waals surface area contributed by atoms with Crippen molar-refractivity contribution < 1.29 is 0 Å². The van der Waals surface area contributed by atoms with Gasteiger partial charge in [-0.1, -0.05) is 13.0 Å². The SMILES string of the molecule is C=CCCCN(C)C(=NCc1ccnc(N2CCN(CC)CC2)c1)NCC. The predicted octanol–water partition coefficient (Wildman–Crippen LogP) is 2.59. The van der Waals surface area contributed by atoms with Crippen LogP contribution < -0.4 is 10.2 Å². The lowest BCUT2D eigenvalue weighted by Crippen LogP contribution is -2.46. The Kier molecular flexibility index (Phi) is 9.11. The molecule has 1 aliphatic rings. The molecular weight excluding hydrogens is 336 g/mol. The van der Waals surface area contributed by atoms with Crippen molar-refractivity contribution in [2.45, 2.75) is 33.2 Å². The zero-order chi connectivity index (χ0) is 19.5. The van der Waals surface area contributed by atoms with Crippen molar-refractivity contribution in [2.24, 2.45) is 4.99 Å². The first-order chi connectivity index (χ1) is 13.2. The summed E-state index contributed by atoms with van der Waals surface area (Å²) in [5.41, 5.74) is 1.20. The Morgan fingerprint density at radius 3 is 2.78 bits per heavy atom. The highest BCUT2D eigenvalue weighted by atomic mass is 15.3. The molecular formula is C21H36N6. The largest absolute Gasteiger partial charge is 0.357 e. The second-order valence-electron chi connectivity index (χ2n) is 6.97. The van der Waals surface area contributed by atoms with Gasteiger partial charge in [0.1, 0.15) is 5.82 Å². The van der Waals surface area contributed by atoms with Crippen LogP contribution in [0.15, 0.2) is 36.0 Å². The molecule has 150 valence electrons. The molecule has 6 nitrogen and oxygen atoms in total. The van der Waals surface area contributed by atoms with Crippen molar-refractivity contribution in [1.82, 2.24) is 20.1 Å². The number of guanidine groups is 1. The molecule has 0 unspecified atom stereocenters. The molecule has 0 radical (unpaired) electrons. The Morgan fingerprint density at radius 1 is 1.33 bits per heavy atom. The highest BCUT2D eigenvalue weighted by Crippen LogP contribution is 2.15. The van der Waals surface area contributed by atoms with Crippen LogP contribution in [0, 0.1) is 0 Å². The summed E-state index contributed by atoms with van der Waals surface area (Å²) >= 11 is 0. The standard InChI is InChI=1S/C21H36N6/c1-5-8-9-12-25(4)21(22-6-2)24-18-19-10-11-23-20(17-19)27-15-13-26(7-3)14-16-27/h5,10-11,17H,1,6-9,12-16,18H2,2-4H3,(H,22,24). The molecule has 1 saturated heterocycles. The van der Waals surface area contributed by atoms with Gasteiger partial charge in [0.25, 0.3) is 0 Å². The summed E-state index contributed by atoms with van der Waals surface area (Å²) in [6.07, 6.45) is 6.00. The number of unbranched alkanes of at least 4 members (excludes halogenated alkanes) is 1. The number of rotatable bonds is 9. The number of anilines is 1. The number of hydrogen-bond acceptors (Lipinski definition) is 4. The normalized spacial score (nSPS) is 15.7. The van der Waals surface area contributed by atoms with E-state index in [9.17, 15) is 0 Å². The summed E-state index contributed by atoms with van der Waals surface area (Å²) in [4.78, 5) is 16.5. The fourth-order valence-electron chi connectivity index (χ4n) is 3.24. The van der Waals surface area contributed by atoms with E-state index in [1.54, 1.807) is 0 Å². The molecule has 0 amide bonds. The lowest BCUT2D eigenvalue weighted by Gasteiger charge is -2.34. The average molecular weight is 373 g/mol. The van der Waals surface area contributed by atoms with Crippen LogP contribution in [0.25, 0.3) is 0 Å². The zero-order valence-corrected chi connectivity index (χ0v) is 17.3. The van der Waals surface area contributed by atoms with Crippen molar-refractivity contribution >= 4 is 11.8 Å². The summed E-state index contributed by atoms with van der Waals surface area (Å²) < 4.78 is 0. The molecule has 2 rings (SSSR count). The second-order valence-corrected chi connectivity index (χ2v) is 6.97. The van der Waals surface area contributed by atoms with Crippen molar-refractivity contribution in [1.29, 1.82) is 0 Å². The van der Waals surface area contributed by atoms with Crippen LogP contribution in [0.2, 0.25) is 0 Å². The van der Waals surface area contributed by atoms with Crippen LogP contribution >= 0.6 is 0 Å². The van der Waals surface area contributed by atoms with Crippen LogP contribution in [0.5, 0.6) is 0 Å². The van der Waals surface area contributed by atoms with E-state index in [1.807, 2.05) is 12.3 Å². The monoisotopic (exact) mass is 372 g/mol. The Morgan fingerprint density at radius 2 is 2.11 bits per heavy atom. The van der Waals surface area contributed by atoms with Crippen LogP contribution in [-0.4, -0.2) is 73.6 Å². The molecule has 0 saturated carbocycles. The van der Waals surface area contributed by atoms with Crippen molar-refractivity contribution in [3.8, 4) is 0 Å². The van der Waals surface area contributed by atoms with E-state index < -0.39 is 0 Å². The Hall–Kier alpha value is -2.08. The number of likely N-dealkylation sites (N-methyl/N-ethyl adjacent to an activating group) is 1. The number of allylic oxidation sites excluding steroid dienone is 1. The van der Waals surface area contributed by atoms with Gasteiger partial charge in [-0.2, -0.15) is 0 Å². The third-order valence-electron chi connectivity index (χ3n) is 4.96. The van der Waals surface area contributed by atoms with Gasteiger partial charge in [0.05, 0.1) is 6.54 Å². The van der Waals surface area contributed by atoms with Gasteiger partial charge >= 0.3 is 0 Å². The van der Waals surface area contributed by atoms with Crippen molar-refractivity contribution in [3.05, 3.63) is 36.5 Å². The molecule has 0 bridgehead atoms. The van der Waals surface area contributed by atoms with Crippen LogP contribution in [-0.2, 0) is 6.54 Å². The van der Waals surface area contributed by atoms with E-state index >= 15 is 0 Å².